The van der Waals surface area contributed by atoms with Crippen LogP contribution in [0.1, 0.15) is 29.7 Å². The van der Waals surface area contributed by atoms with E-state index in [1.807, 2.05) is 63.2 Å². The highest BCUT2D eigenvalue weighted by Gasteiger charge is 2.20. The summed E-state index contributed by atoms with van der Waals surface area (Å²) in [7, 11) is 0. The van der Waals surface area contributed by atoms with Crippen molar-refractivity contribution >= 4 is 11.6 Å². The van der Waals surface area contributed by atoms with E-state index in [9.17, 15) is 9.59 Å². The van der Waals surface area contributed by atoms with Crippen LogP contribution >= 0.6 is 0 Å². The van der Waals surface area contributed by atoms with Crippen LogP contribution in [-0.2, 0) is 4.79 Å². The number of hydrogen-bond acceptors (Lipinski definition) is 4. The molecular formula is C21H22N4O2. The van der Waals surface area contributed by atoms with Crippen molar-refractivity contribution in [3.8, 4) is 11.3 Å². The van der Waals surface area contributed by atoms with Crippen molar-refractivity contribution in [3.63, 3.8) is 0 Å². The average Bonchev–Trinajstić information content (AvgIpc) is 2.64. The van der Waals surface area contributed by atoms with Crippen molar-refractivity contribution in [2.45, 2.75) is 33.7 Å². The maximum Gasteiger partial charge on any atom is 0.365 e. The second kappa shape index (κ2) is 7.53. The van der Waals surface area contributed by atoms with Crippen molar-refractivity contribution in [1.29, 1.82) is 0 Å². The zero-order valence-corrected chi connectivity index (χ0v) is 15.9. The first kappa shape index (κ1) is 18.5. The molecule has 3 aromatic rings. The minimum atomic E-state index is -0.782. The molecule has 0 aliphatic carbocycles. The van der Waals surface area contributed by atoms with Crippen LogP contribution in [0.4, 0.5) is 5.69 Å². The maximum absolute atomic E-state index is 12.7. The van der Waals surface area contributed by atoms with Crippen LogP contribution in [-0.4, -0.2) is 20.7 Å². The average molecular weight is 362 g/mol. The second-order valence-corrected chi connectivity index (χ2v) is 6.67. The molecule has 0 radical (unpaired) electrons. The van der Waals surface area contributed by atoms with Crippen LogP contribution in [0.3, 0.4) is 0 Å². The fraction of sp³-hybridized carbons (Fsp3) is 0.238. The smallest absolute Gasteiger partial charge is 0.324 e. The van der Waals surface area contributed by atoms with Crippen LogP contribution in [0.15, 0.2) is 53.5 Å². The first-order chi connectivity index (χ1) is 12.9. The molecule has 0 spiro atoms. The molecule has 1 unspecified atom stereocenters. The Hall–Kier alpha value is -3.28. The van der Waals surface area contributed by atoms with E-state index >= 15 is 0 Å². The summed E-state index contributed by atoms with van der Waals surface area (Å²) >= 11 is 0. The molecule has 0 bridgehead atoms. The van der Waals surface area contributed by atoms with Crippen LogP contribution in [0.5, 0.6) is 0 Å². The minimum Gasteiger partial charge on any atom is -0.324 e. The maximum atomic E-state index is 12.7. The lowest BCUT2D eigenvalue weighted by Crippen LogP contribution is -2.35. The topological polar surface area (TPSA) is 76.9 Å². The molecule has 0 saturated heterocycles. The highest BCUT2D eigenvalue weighted by Crippen LogP contribution is 2.23. The quantitative estimate of drug-likeness (QED) is 0.771. The van der Waals surface area contributed by atoms with Gasteiger partial charge in [0, 0.05) is 11.3 Å². The molecule has 138 valence electrons. The third kappa shape index (κ3) is 3.95. The molecule has 3 rings (SSSR count). The highest BCUT2D eigenvalue weighted by molar-refractivity contribution is 5.94. The molecule has 0 aliphatic heterocycles. The van der Waals surface area contributed by atoms with Gasteiger partial charge in [0.25, 0.3) is 0 Å². The molecule has 1 heterocycles. The van der Waals surface area contributed by atoms with Crippen molar-refractivity contribution < 1.29 is 4.79 Å². The summed E-state index contributed by atoms with van der Waals surface area (Å²) in [5, 5.41) is 7.07. The number of carbonyl (C=O) groups is 1. The van der Waals surface area contributed by atoms with Crippen LogP contribution < -0.4 is 11.0 Å². The highest BCUT2D eigenvalue weighted by atomic mass is 16.2. The van der Waals surface area contributed by atoms with Gasteiger partial charge >= 0.3 is 5.69 Å². The van der Waals surface area contributed by atoms with Gasteiger partial charge in [-0.2, -0.15) is 10.1 Å². The number of rotatable bonds is 4. The largest absolute Gasteiger partial charge is 0.365 e. The van der Waals surface area contributed by atoms with Gasteiger partial charge in [0.1, 0.15) is 6.04 Å². The van der Waals surface area contributed by atoms with Gasteiger partial charge in [-0.15, -0.1) is 0 Å². The second-order valence-electron chi connectivity index (χ2n) is 6.67. The van der Waals surface area contributed by atoms with Gasteiger partial charge in [0.15, 0.2) is 0 Å². The Morgan fingerprint density at radius 1 is 1.07 bits per heavy atom. The Kier molecular flexibility index (Phi) is 5.16. The number of carbonyl (C=O) groups excluding carboxylic acids is 1. The molecule has 27 heavy (non-hydrogen) atoms. The van der Waals surface area contributed by atoms with Crippen molar-refractivity contribution in [2.75, 3.05) is 5.32 Å². The molecular weight excluding hydrogens is 340 g/mol. The van der Waals surface area contributed by atoms with Gasteiger partial charge < -0.3 is 5.32 Å². The standard InChI is InChI=1S/C21H22N4O2/c1-13-10-14(2)19(15(3)11-13)24-20(26)16(4)25-21(27)23-18(12-22-25)17-8-6-5-7-9-17/h5-12,16H,1-4H3,(H,24,26). The number of aromatic nitrogens is 3. The third-order valence-electron chi connectivity index (χ3n) is 4.46. The van der Waals surface area contributed by atoms with Gasteiger partial charge in [-0.05, 0) is 38.8 Å². The number of amides is 1. The number of nitrogens with one attached hydrogen (secondary N) is 1. The van der Waals surface area contributed by atoms with E-state index < -0.39 is 11.7 Å². The molecule has 6 heteroatoms. The zero-order chi connectivity index (χ0) is 19.6. The van der Waals surface area contributed by atoms with E-state index in [-0.39, 0.29) is 5.91 Å². The van der Waals surface area contributed by atoms with Crippen molar-refractivity contribution in [3.05, 3.63) is 75.8 Å². The van der Waals surface area contributed by atoms with Gasteiger partial charge in [-0.1, -0.05) is 48.0 Å². The van der Waals surface area contributed by atoms with E-state index in [4.69, 9.17) is 0 Å². The Labute approximate surface area is 157 Å². The predicted octanol–water partition coefficient (Wildman–Crippen LogP) is 3.43. The van der Waals surface area contributed by atoms with Crippen molar-refractivity contribution in [1.82, 2.24) is 14.8 Å². The summed E-state index contributed by atoms with van der Waals surface area (Å²) in [6.07, 6.45) is 1.50. The molecule has 6 nitrogen and oxygen atoms in total. The normalized spacial score (nSPS) is 11.9. The van der Waals surface area contributed by atoms with Gasteiger partial charge in [0.05, 0.1) is 11.9 Å². The third-order valence-corrected chi connectivity index (χ3v) is 4.46. The summed E-state index contributed by atoms with van der Waals surface area (Å²) in [6, 6.07) is 12.6. The number of hydrogen-bond donors (Lipinski definition) is 1. The molecule has 0 fully saturated rings. The molecule has 2 aromatic carbocycles. The lowest BCUT2D eigenvalue weighted by molar-refractivity contribution is -0.119. The SMILES string of the molecule is Cc1cc(C)c(NC(=O)C(C)n2ncc(-c3ccccc3)nc2=O)c(C)c1. The molecule has 1 amide bonds. The zero-order valence-electron chi connectivity index (χ0n) is 15.9. The number of benzene rings is 2. The lowest BCUT2D eigenvalue weighted by atomic mass is 10.0. The molecule has 1 N–H and O–H groups in total. The monoisotopic (exact) mass is 362 g/mol. The van der Waals surface area contributed by atoms with Gasteiger partial charge in [-0.3, -0.25) is 4.79 Å². The summed E-state index contributed by atoms with van der Waals surface area (Å²) in [5.41, 5.74) is 4.58. The Bertz CT molecular complexity index is 1020. The predicted molar refractivity (Wildman–Crippen MR) is 106 cm³/mol. The summed E-state index contributed by atoms with van der Waals surface area (Å²) < 4.78 is 1.10. The van der Waals surface area contributed by atoms with Gasteiger partial charge in [0.2, 0.25) is 5.91 Å². The Morgan fingerprint density at radius 3 is 2.30 bits per heavy atom. The van der Waals surface area contributed by atoms with Crippen LogP contribution in [0.2, 0.25) is 0 Å². The summed E-state index contributed by atoms with van der Waals surface area (Å²) in [4.78, 5) is 29.1. The molecule has 1 atom stereocenters. The molecule has 0 aliphatic rings. The Morgan fingerprint density at radius 2 is 1.70 bits per heavy atom. The van der Waals surface area contributed by atoms with E-state index in [1.54, 1.807) is 6.92 Å². The van der Waals surface area contributed by atoms with Gasteiger partial charge in [-0.25, -0.2) is 9.48 Å². The van der Waals surface area contributed by atoms with E-state index in [2.05, 4.69) is 15.4 Å². The molecule has 0 saturated carbocycles. The van der Waals surface area contributed by atoms with Crippen LogP contribution in [0, 0.1) is 20.8 Å². The van der Waals surface area contributed by atoms with E-state index in [0.717, 1.165) is 32.6 Å². The van der Waals surface area contributed by atoms with E-state index in [0.29, 0.717) is 5.69 Å². The minimum absolute atomic E-state index is 0.311. The fourth-order valence-corrected chi connectivity index (χ4v) is 3.08. The van der Waals surface area contributed by atoms with Crippen molar-refractivity contribution in [2.24, 2.45) is 0 Å². The van der Waals surface area contributed by atoms with E-state index in [1.165, 1.54) is 6.20 Å². The summed E-state index contributed by atoms with van der Waals surface area (Å²) in [6.45, 7) is 7.53. The first-order valence-electron chi connectivity index (χ1n) is 8.77. The number of nitrogens with zero attached hydrogens (tertiary/aromatic N) is 3. The fourth-order valence-electron chi connectivity index (χ4n) is 3.08. The lowest BCUT2D eigenvalue weighted by Gasteiger charge is -2.17. The summed E-state index contributed by atoms with van der Waals surface area (Å²) in [5.74, 6) is -0.311. The molecule has 1 aromatic heterocycles. The number of aryl methyl sites for hydroxylation is 3. The number of anilines is 1. The van der Waals surface area contributed by atoms with Crippen LogP contribution in [0.25, 0.3) is 11.3 Å². The Balaban J connectivity index is 1.85. The first-order valence-corrected chi connectivity index (χ1v) is 8.77.